The lowest BCUT2D eigenvalue weighted by atomic mass is 9.72. The van der Waals surface area contributed by atoms with Gasteiger partial charge in [-0.2, -0.15) is 3.82 Å². The van der Waals surface area contributed by atoms with Crippen LogP contribution in [0.2, 0.25) is 10.0 Å². The minimum absolute atomic E-state index is 0.0580. The number of rotatable bonds is 13. The van der Waals surface area contributed by atoms with Gasteiger partial charge in [0.25, 0.3) is 10.0 Å². The molecule has 8 nitrogen and oxygen atoms in total. The Morgan fingerprint density at radius 1 is 1.02 bits per heavy atom. The van der Waals surface area contributed by atoms with Crippen LogP contribution in [0.5, 0.6) is 0 Å². The monoisotopic (exact) mass is 686 g/mol. The summed E-state index contributed by atoms with van der Waals surface area (Å²) in [5.74, 6) is -0.147. The van der Waals surface area contributed by atoms with Crippen LogP contribution in [0.15, 0.2) is 42.5 Å². The van der Waals surface area contributed by atoms with E-state index in [0.29, 0.717) is 21.9 Å². The number of likely N-dealkylation sites (N-methyl/N-ethyl adjacent to an activating group) is 2. The number of aryl methyl sites for hydroxylation is 2. The van der Waals surface area contributed by atoms with Crippen molar-refractivity contribution in [2.75, 3.05) is 69.6 Å². The van der Waals surface area contributed by atoms with E-state index in [-0.39, 0.29) is 40.4 Å². The van der Waals surface area contributed by atoms with Crippen molar-refractivity contribution in [3.8, 4) is 0 Å². The molecule has 0 unspecified atom stereocenters. The van der Waals surface area contributed by atoms with Gasteiger partial charge in [0.1, 0.15) is 6.61 Å². The molecule has 12 heteroatoms. The number of hydrogen-bond donors (Lipinski definition) is 0. The fourth-order valence-corrected chi connectivity index (χ4v) is 8.19. The fraction of sp³-hybridized carbons (Fsp3) is 0.594. The molecular formula is C32H45Cl3N4O4S. The third-order valence-corrected chi connectivity index (χ3v) is 12.4. The minimum atomic E-state index is -3.95. The van der Waals surface area contributed by atoms with Gasteiger partial charge in [-0.3, -0.25) is 9.69 Å². The number of carbonyl (C=O) groups excluding carboxylic acids is 1. The Morgan fingerprint density at radius 2 is 1.68 bits per heavy atom. The van der Waals surface area contributed by atoms with Gasteiger partial charge >= 0.3 is 0 Å². The van der Waals surface area contributed by atoms with Gasteiger partial charge in [0.2, 0.25) is 5.91 Å². The molecular weight excluding hydrogens is 643 g/mol. The van der Waals surface area contributed by atoms with Crippen LogP contribution < -0.4 is 3.82 Å². The van der Waals surface area contributed by atoms with E-state index in [1.54, 1.807) is 24.9 Å². The summed E-state index contributed by atoms with van der Waals surface area (Å²) in [6.45, 7) is 6.47. The summed E-state index contributed by atoms with van der Waals surface area (Å²) in [5, 5.41) is 0.299. The lowest BCUT2D eigenvalue weighted by Gasteiger charge is -2.51. The number of nitrogens with zero attached hydrogens (tertiary/aromatic N) is 4. The maximum atomic E-state index is 12.8. The Kier molecular flexibility index (Phi) is 12.7. The maximum Gasteiger partial charge on any atom is 0.251 e. The van der Waals surface area contributed by atoms with Crippen molar-refractivity contribution in [1.29, 1.82) is 0 Å². The van der Waals surface area contributed by atoms with Crippen LogP contribution in [-0.4, -0.2) is 100 Å². The van der Waals surface area contributed by atoms with Crippen LogP contribution >= 0.6 is 35.0 Å². The first-order chi connectivity index (χ1) is 20.9. The van der Waals surface area contributed by atoms with Crippen LogP contribution in [0.25, 0.3) is 0 Å². The van der Waals surface area contributed by atoms with Crippen molar-refractivity contribution in [2.24, 2.45) is 5.92 Å². The number of benzene rings is 2. The number of hydrogen-bond acceptors (Lipinski definition) is 6. The van der Waals surface area contributed by atoms with E-state index >= 15 is 0 Å². The van der Waals surface area contributed by atoms with Crippen LogP contribution in [0.4, 0.5) is 5.69 Å². The Labute approximate surface area is 278 Å². The Bertz CT molecular complexity index is 1350. The summed E-state index contributed by atoms with van der Waals surface area (Å²) >= 11 is 18.5. The van der Waals surface area contributed by atoms with E-state index in [2.05, 4.69) is 47.2 Å². The highest BCUT2D eigenvalue weighted by molar-refractivity contribution is 7.94. The number of carbonyl (C=O) groups is 1. The van der Waals surface area contributed by atoms with E-state index in [4.69, 9.17) is 39.7 Å². The normalized spacial score (nSPS) is 21.7. The lowest BCUT2D eigenvalue weighted by molar-refractivity contribution is -0.135. The summed E-state index contributed by atoms with van der Waals surface area (Å²) in [7, 11) is 0.0412. The van der Waals surface area contributed by atoms with Gasteiger partial charge in [0.15, 0.2) is 0 Å². The molecule has 2 aromatic rings. The third-order valence-electron chi connectivity index (χ3n) is 9.29. The number of sulfonamides is 1. The zero-order valence-electron chi connectivity index (χ0n) is 26.0. The van der Waals surface area contributed by atoms with Crippen LogP contribution in [0.3, 0.4) is 0 Å². The van der Waals surface area contributed by atoms with E-state index in [0.717, 1.165) is 64.7 Å². The van der Waals surface area contributed by atoms with Crippen molar-refractivity contribution in [2.45, 2.75) is 51.0 Å². The Balaban J connectivity index is 1.24. The molecule has 1 saturated carbocycles. The number of piperazine rings is 1. The summed E-state index contributed by atoms with van der Waals surface area (Å²) in [6.07, 6.45) is 6.66. The zero-order valence-corrected chi connectivity index (χ0v) is 29.1. The first-order valence-electron chi connectivity index (χ1n) is 15.3. The number of amides is 1. The molecule has 1 aliphatic carbocycles. The van der Waals surface area contributed by atoms with Crippen molar-refractivity contribution in [1.82, 2.24) is 14.7 Å². The molecule has 1 saturated heterocycles. The van der Waals surface area contributed by atoms with Gasteiger partial charge in [-0.05, 0) is 75.6 Å². The molecule has 0 N–H and O–H groups in total. The second kappa shape index (κ2) is 15.8. The van der Waals surface area contributed by atoms with Crippen molar-refractivity contribution in [3.05, 3.63) is 63.6 Å². The molecule has 0 spiro atoms. The van der Waals surface area contributed by atoms with Crippen molar-refractivity contribution in [3.63, 3.8) is 0 Å². The molecule has 1 aliphatic heterocycles. The quantitative estimate of drug-likeness (QED) is 0.194. The number of ether oxygens (including phenoxy) is 1. The van der Waals surface area contributed by atoms with Gasteiger partial charge in [-0.25, -0.2) is 8.42 Å². The van der Waals surface area contributed by atoms with Crippen molar-refractivity contribution < 1.29 is 17.9 Å². The fourth-order valence-electron chi connectivity index (χ4n) is 6.35. The topological polar surface area (TPSA) is 73.4 Å². The molecule has 0 atom stereocenters. The van der Waals surface area contributed by atoms with E-state index in [1.165, 1.54) is 11.6 Å². The highest BCUT2D eigenvalue weighted by atomic mass is 35.5. The third kappa shape index (κ3) is 9.02. The lowest BCUT2D eigenvalue weighted by Crippen LogP contribution is -2.58. The van der Waals surface area contributed by atoms with E-state index in [1.807, 2.05) is 0 Å². The average Bonchev–Trinajstić information content (AvgIpc) is 3.02. The second-order valence-corrected chi connectivity index (χ2v) is 15.6. The molecule has 44 heavy (non-hydrogen) atoms. The van der Waals surface area contributed by atoms with Gasteiger partial charge in [-0.1, -0.05) is 59.6 Å². The molecule has 4 rings (SSSR count). The predicted octanol–water partition coefficient (Wildman–Crippen LogP) is 5.88. The molecule has 0 bridgehead atoms. The summed E-state index contributed by atoms with van der Waals surface area (Å²) in [4.78, 5) is 19.7. The van der Waals surface area contributed by atoms with Gasteiger partial charge in [-0.15, -0.1) is 0 Å². The largest absolute Gasteiger partial charge is 0.371 e. The smallest absolute Gasteiger partial charge is 0.251 e. The van der Waals surface area contributed by atoms with Gasteiger partial charge in [0.05, 0.1) is 28.1 Å². The van der Waals surface area contributed by atoms with Crippen LogP contribution in [0.1, 0.15) is 43.2 Å². The summed E-state index contributed by atoms with van der Waals surface area (Å²) in [5.41, 5.74) is 2.38. The van der Waals surface area contributed by atoms with Crippen molar-refractivity contribution >= 4 is 56.6 Å². The first-order valence-corrected chi connectivity index (χ1v) is 18.0. The molecule has 244 valence electrons. The molecule has 1 amide bonds. The Hall–Kier alpha value is -1.59. The molecule has 1 heterocycles. The minimum Gasteiger partial charge on any atom is -0.371 e. The SMILES string of the molecule is Cc1ccc(N(Cl)S(=O)(=O)CCOCC(=O)N(C)CC2CCC(CCc3ccccc3)(N3CCN(C)CC3)CC2)c(Cl)c1Cl. The highest BCUT2D eigenvalue weighted by Crippen LogP contribution is 2.41. The zero-order chi connectivity index (χ0) is 31.9. The van der Waals surface area contributed by atoms with Crippen LogP contribution in [0, 0.1) is 12.8 Å². The second-order valence-electron chi connectivity index (χ2n) is 12.3. The standard InChI is InChI=1S/C32H45Cl3N4O4S/c1-25-9-10-28(31(34)30(25)33)39(35)44(41,42)22-21-43-24-29(40)37(3)23-27-12-15-32(16-13-27,38-19-17-36(2)18-20-38)14-11-26-7-5-4-6-8-26/h4-10,27H,11-24H2,1-3H3. The number of anilines is 1. The molecule has 0 aromatic heterocycles. The van der Waals surface area contributed by atoms with Crippen LogP contribution in [-0.2, 0) is 26.0 Å². The highest BCUT2D eigenvalue weighted by Gasteiger charge is 2.41. The predicted molar refractivity (Wildman–Crippen MR) is 180 cm³/mol. The Morgan fingerprint density at radius 3 is 2.34 bits per heavy atom. The summed E-state index contributed by atoms with van der Waals surface area (Å²) in [6, 6.07) is 13.9. The van der Waals surface area contributed by atoms with E-state index in [9.17, 15) is 13.2 Å². The molecule has 2 aromatic carbocycles. The summed E-state index contributed by atoms with van der Waals surface area (Å²) < 4.78 is 31.5. The van der Waals surface area contributed by atoms with Gasteiger partial charge < -0.3 is 14.5 Å². The molecule has 0 radical (unpaired) electrons. The van der Waals surface area contributed by atoms with E-state index < -0.39 is 15.8 Å². The molecule has 2 aliphatic rings. The first kappa shape index (κ1) is 35.3. The average molecular weight is 688 g/mol. The molecule has 2 fully saturated rings. The maximum absolute atomic E-state index is 12.8. The number of halogens is 3. The van der Waals surface area contributed by atoms with Gasteiger partial charge in [0, 0.05) is 57.1 Å².